The van der Waals surface area contributed by atoms with Crippen LogP contribution < -0.4 is 0 Å². The van der Waals surface area contributed by atoms with Gasteiger partial charge in [0.15, 0.2) is 0 Å². The SMILES string of the molecule is COC(=O)[C@H]1C[C@@H](O)[C@@H](OC)C1. The van der Waals surface area contributed by atoms with Crippen LogP contribution in [-0.4, -0.2) is 37.5 Å². The van der Waals surface area contributed by atoms with E-state index in [2.05, 4.69) is 4.74 Å². The van der Waals surface area contributed by atoms with E-state index in [-0.39, 0.29) is 18.0 Å². The molecule has 1 N–H and O–H groups in total. The van der Waals surface area contributed by atoms with Gasteiger partial charge < -0.3 is 14.6 Å². The van der Waals surface area contributed by atoms with E-state index >= 15 is 0 Å². The van der Waals surface area contributed by atoms with Gasteiger partial charge in [-0.25, -0.2) is 0 Å². The van der Waals surface area contributed by atoms with Gasteiger partial charge in [0.1, 0.15) is 0 Å². The number of aliphatic hydroxyl groups is 1. The van der Waals surface area contributed by atoms with Crippen molar-refractivity contribution in [3.8, 4) is 0 Å². The fraction of sp³-hybridized carbons (Fsp3) is 0.875. The van der Waals surface area contributed by atoms with Crippen LogP contribution in [0.25, 0.3) is 0 Å². The molecule has 1 saturated carbocycles. The summed E-state index contributed by atoms with van der Waals surface area (Å²) in [4.78, 5) is 11.0. The van der Waals surface area contributed by atoms with Crippen LogP contribution >= 0.6 is 0 Å². The van der Waals surface area contributed by atoms with Gasteiger partial charge in [-0.1, -0.05) is 0 Å². The molecule has 4 heteroatoms. The number of aliphatic hydroxyl groups excluding tert-OH is 1. The monoisotopic (exact) mass is 174 g/mol. The highest BCUT2D eigenvalue weighted by Crippen LogP contribution is 2.28. The summed E-state index contributed by atoms with van der Waals surface area (Å²) in [5.41, 5.74) is 0. The van der Waals surface area contributed by atoms with Gasteiger partial charge in [-0.3, -0.25) is 4.79 Å². The lowest BCUT2D eigenvalue weighted by Crippen LogP contribution is -2.20. The molecule has 0 heterocycles. The first-order valence-corrected chi connectivity index (χ1v) is 3.97. The number of esters is 1. The lowest BCUT2D eigenvalue weighted by molar-refractivity contribution is -0.145. The Hall–Kier alpha value is -0.610. The van der Waals surface area contributed by atoms with Crippen molar-refractivity contribution in [3.05, 3.63) is 0 Å². The third-order valence-corrected chi connectivity index (χ3v) is 2.31. The predicted octanol–water partition coefficient (Wildman–Crippen LogP) is -0.0547. The van der Waals surface area contributed by atoms with E-state index < -0.39 is 6.10 Å². The molecule has 0 saturated heterocycles. The molecule has 1 rings (SSSR count). The highest BCUT2D eigenvalue weighted by Gasteiger charge is 2.37. The molecule has 0 aromatic heterocycles. The highest BCUT2D eigenvalue weighted by atomic mass is 16.5. The van der Waals surface area contributed by atoms with Crippen molar-refractivity contribution in [2.45, 2.75) is 25.0 Å². The normalized spacial score (nSPS) is 35.1. The number of carbonyl (C=O) groups is 1. The van der Waals surface area contributed by atoms with Gasteiger partial charge in [-0.15, -0.1) is 0 Å². The molecule has 0 aromatic rings. The summed E-state index contributed by atoms with van der Waals surface area (Å²) < 4.78 is 9.56. The maximum absolute atomic E-state index is 11.0. The van der Waals surface area contributed by atoms with Crippen LogP contribution in [0.1, 0.15) is 12.8 Å². The molecule has 1 fully saturated rings. The summed E-state index contributed by atoms with van der Waals surface area (Å²) in [7, 11) is 2.89. The lowest BCUT2D eigenvalue weighted by atomic mass is 10.1. The molecular formula is C8H14O4. The zero-order chi connectivity index (χ0) is 9.14. The quantitative estimate of drug-likeness (QED) is 0.596. The topological polar surface area (TPSA) is 55.8 Å². The predicted molar refractivity (Wildman–Crippen MR) is 41.5 cm³/mol. The van der Waals surface area contributed by atoms with Crippen LogP contribution in [0.3, 0.4) is 0 Å². The summed E-state index contributed by atoms with van der Waals surface area (Å²) in [5.74, 6) is -0.455. The van der Waals surface area contributed by atoms with Gasteiger partial charge in [0.2, 0.25) is 0 Å². The van der Waals surface area contributed by atoms with Crippen LogP contribution in [0.5, 0.6) is 0 Å². The van der Waals surface area contributed by atoms with Crippen molar-refractivity contribution in [3.63, 3.8) is 0 Å². The first kappa shape index (κ1) is 9.48. The third-order valence-electron chi connectivity index (χ3n) is 2.31. The fourth-order valence-corrected chi connectivity index (χ4v) is 1.59. The smallest absolute Gasteiger partial charge is 0.308 e. The Morgan fingerprint density at radius 3 is 2.50 bits per heavy atom. The third kappa shape index (κ3) is 1.76. The minimum Gasteiger partial charge on any atom is -0.469 e. The van der Waals surface area contributed by atoms with Gasteiger partial charge >= 0.3 is 5.97 Å². The Bertz CT molecular complexity index is 168. The summed E-state index contributed by atoms with van der Waals surface area (Å²) in [6, 6.07) is 0. The first-order valence-electron chi connectivity index (χ1n) is 3.97. The van der Waals surface area contributed by atoms with Crippen LogP contribution in [0.2, 0.25) is 0 Å². The van der Waals surface area contributed by atoms with E-state index in [0.29, 0.717) is 12.8 Å². The molecule has 0 amide bonds. The first-order chi connectivity index (χ1) is 5.69. The average Bonchev–Trinajstić information content (AvgIpc) is 2.45. The van der Waals surface area contributed by atoms with Crippen molar-refractivity contribution in [1.82, 2.24) is 0 Å². The zero-order valence-corrected chi connectivity index (χ0v) is 7.32. The zero-order valence-electron chi connectivity index (χ0n) is 7.32. The molecule has 70 valence electrons. The van der Waals surface area contributed by atoms with Crippen molar-refractivity contribution in [2.75, 3.05) is 14.2 Å². The van der Waals surface area contributed by atoms with Crippen LogP contribution in [-0.2, 0) is 14.3 Å². The second-order valence-electron chi connectivity index (χ2n) is 3.03. The van der Waals surface area contributed by atoms with E-state index in [0.717, 1.165) is 0 Å². The molecule has 12 heavy (non-hydrogen) atoms. The van der Waals surface area contributed by atoms with Gasteiger partial charge in [0, 0.05) is 7.11 Å². The summed E-state index contributed by atoms with van der Waals surface area (Å²) >= 11 is 0. The maximum atomic E-state index is 11.0. The Labute approximate surface area is 71.5 Å². The number of hydrogen-bond donors (Lipinski definition) is 1. The minimum absolute atomic E-state index is 0.199. The van der Waals surface area contributed by atoms with E-state index in [1.165, 1.54) is 14.2 Å². The molecule has 0 aromatic carbocycles. The Balaban J connectivity index is 2.48. The molecular weight excluding hydrogens is 160 g/mol. The Morgan fingerprint density at radius 2 is 2.08 bits per heavy atom. The standard InChI is InChI=1S/C8H14O4/c1-11-7-4-5(3-6(7)9)8(10)12-2/h5-7,9H,3-4H2,1-2H3/t5-,6+,7-/m0/s1. The largest absolute Gasteiger partial charge is 0.469 e. The fourth-order valence-electron chi connectivity index (χ4n) is 1.59. The van der Waals surface area contributed by atoms with Gasteiger partial charge in [-0.05, 0) is 12.8 Å². The van der Waals surface area contributed by atoms with Crippen molar-refractivity contribution in [1.29, 1.82) is 0 Å². The molecule has 0 bridgehead atoms. The minimum atomic E-state index is -0.529. The summed E-state index contributed by atoms with van der Waals surface area (Å²) in [5, 5.41) is 9.37. The summed E-state index contributed by atoms with van der Waals surface area (Å²) in [6.45, 7) is 0. The van der Waals surface area contributed by atoms with Gasteiger partial charge in [0.05, 0.1) is 25.2 Å². The van der Waals surface area contributed by atoms with Crippen molar-refractivity contribution >= 4 is 5.97 Å². The molecule has 1 aliphatic rings. The van der Waals surface area contributed by atoms with Crippen molar-refractivity contribution in [2.24, 2.45) is 5.92 Å². The second kappa shape index (κ2) is 3.87. The summed E-state index contributed by atoms with van der Waals surface area (Å²) in [6.07, 6.45) is 0.267. The Kier molecular flexibility index (Phi) is 3.05. The average molecular weight is 174 g/mol. The van der Waals surface area contributed by atoms with Crippen molar-refractivity contribution < 1.29 is 19.4 Å². The molecule has 3 atom stereocenters. The van der Waals surface area contributed by atoms with E-state index in [4.69, 9.17) is 4.74 Å². The molecule has 0 aliphatic heterocycles. The van der Waals surface area contributed by atoms with Crippen LogP contribution in [0, 0.1) is 5.92 Å². The molecule has 0 spiro atoms. The number of rotatable bonds is 2. The highest BCUT2D eigenvalue weighted by molar-refractivity contribution is 5.72. The van der Waals surface area contributed by atoms with Crippen LogP contribution in [0.15, 0.2) is 0 Å². The van der Waals surface area contributed by atoms with E-state index in [9.17, 15) is 9.90 Å². The number of methoxy groups -OCH3 is 2. The molecule has 1 aliphatic carbocycles. The van der Waals surface area contributed by atoms with E-state index in [1.54, 1.807) is 0 Å². The molecule has 4 nitrogen and oxygen atoms in total. The van der Waals surface area contributed by atoms with Gasteiger partial charge in [0.25, 0.3) is 0 Å². The van der Waals surface area contributed by atoms with Gasteiger partial charge in [-0.2, -0.15) is 0 Å². The van der Waals surface area contributed by atoms with Crippen LogP contribution in [0.4, 0.5) is 0 Å². The molecule has 0 radical (unpaired) electrons. The number of carbonyl (C=O) groups excluding carboxylic acids is 1. The van der Waals surface area contributed by atoms with E-state index in [1.807, 2.05) is 0 Å². The second-order valence-corrected chi connectivity index (χ2v) is 3.03. The maximum Gasteiger partial charge on any atom is 0.308 e. The lowest BCUT2D eigenvalue weighted by Gasteiger charge is -2.10. The Morgan fingerprint density at radius 1 is 1.42 bits per heavy atom. The molecule has 0 unspecified atom stereocenters. The number of hydrogen-bond acceptors (Lipinski definition) is 4. The number of ether oxygens (including phenoxy) is 2.